The van der Waals surface area contributed by atoms with Gasteiger partial charge in [0.1, 0.15) is 6.04 Å². The Balaban J connectivity index is 2.32. The summed E-state index contributed by atoms with van der Waals surface area (Å²) >= 11 is 0. The number of halogens is 2. The number of ether oxygens (including phenoxy) is 2. The first kappa shape index (κ1) is 20.2. The van der Waals surface area contributed by atoms with Crippen LogP contribution in [-0.4, -0.2) is 32.6 Å². The summed E-state index contributed by atoms with van der Waals surface area (Å²) in [5.41, 5.74) is 0.330. The number of carbonyl (C=O) groups excluding carboxylic acids is 2. The molecule has 0 aliphatic carbocycles. The quantitative estimate of drug-likeness (QED) is 0.777. The summed E-state index contributed by atoms with van der Waals surface area (Å²) < 4.78 is 37.3. The van der Waals surface area contributed by atoms with Gasteiger partial charge in [0, 0.05) is 12.6 Å². The van der Waals surface area contributed by atoms with Gasteiger partial charge >= 0.3 is 0 Å². The number of benzene rings is 2. The van der Waals surface area contributed by atoms with Gasteiger partial charge in [0.2, 0.25) is 5.91 Å². The van der Waals surface area contributed by atoms with E-state index < -0.39 is 29.5 Å². The van der Waals surface area contributed by atoms with Gasteiger partial charge in [-0.05, 0) is 42.8 Å². The third kappa shape index (κ3) is 4.72. The molecular formula is C19H20F2N2O4. The van der Waals surface area contributed by atoms with Crippen LogP contribution >= 0.6 is 0 Å². The Kier molecular flexibility index (Phi) is 6.70. The summed E-state index contributed by atoms with van der Waals surface area (Å²) in [6, 6.07) is 6.34. The van der Waals surface area contributed by atoms with Crippen LogP contribution in [0.2, 0.25) is 0 Å². The predicted molar refractivity (Wildman–Crippen MR) is 94.8 cm³/mol. The van der Waals surface area contributed by atoms with Crippen LogP contribution in [0.3, 0.4) is 0 Å². The number of nitrogens with one attached hydrogen (secondary N) is 2. The maximum atomic E-state index is 13.5. The first-order valence-corrected chi connectivity index (χ1v) is 8.19. The van der Waals surface area contributed by atoms with Crippen molar-refractivity contribution in [1.29, 1.82) is 0 Å². The zero-order valence-electron chi connectivity index (χ0n) is 15.1. The minimum absolute atomic E-state index is 0.111. The molecule has 2 N–H and O–H groups in total. The van der Waals surface area contributed by atoms with Crippen LogP contribution in [-0.2, 0) is 4.79 Å². The molecule has 144 valence electrons. The van der Waals surface area contributed by atoms with Crippen molar-refractivity contribution in [3.63, 3.8) is 0 Å². The molecule has 0 fully saturated rings. The Morgan fingerprint density at radius 3 is 2.41 bits per heavy atom. The van der Waals surface area contributed by atoms with Gasteiger partial charge in [0.05, 0.1) is 13.7 Å². The molecule has 2 amide bonds. The molecule has 0 aliphatic heterocycles. The van der Waals surface area contributed by atoms with Crippen LogP contribution in [0.1, 0.15) is 28.9 Å². The maximum Gasteiger partial charge on any atom is 0.252 e. The van der Waals surface area contributed by atoms with Gasteiger partial charge in [-0.3, -0.25) is 9.59 Å². The Bertz CT molecular complexity index is 842. The van der Waals surface area contributed by atoms with Crippen LogP contribution < -0.4 is 20.1 Å². The highest BCUT2D eigenvalue weighted by molar-refractivity contribution is 5.98. The fourth-order valence-electron chi connectivity index (χ4n) is 2.44. The Morgan fingerprint density at radius 2 is 1.81 bits per heavy atom. The molecule has 2 rings (SSSR count). The first-order valence-electron chi connectivity index (χ1n) is 8.19. The van der Waals surface area contributed by atoms with E-state index >= 15 is 0 Å². The molecule has 2 aromatic carbocycles. The minimum Gasteiger partial charge on any atom is -0.493 e. The highest BCUT2D eigenvalue weighted by Crippen LogP contribution is 2.28. The molecule has 1 atom stereocenters. The summed E-state index contributed by atoms with van der Waals surface area (Å²) in [5.74, 6) is -2.49. The van der Waals surface area contributed by atoms with Crippen LogP contribution in [0.25, 0.3) is 0 Å². The third-order valence-corrected chi connectivity index (χ3v) is 3.79. The predicted octanol–water partition coefficient (Wildman–Crippen LogP) is 2.59. The topological polar surface area (TPSA) is 76.7 Å². The van der Waals surface area contributed by atoms with Crippen molar-refractivity contribution in [2.24, 2.45) is 0 Å². The highest BCUT2D eigenvalue weighted by Gasteiger charge is 2.24. The van der Waals surface area contributed by atoms with E-state index in [1.165, 1.54) is 32.4 Å². The fourth-order valence-corrected chi connectivity index (χ4v) is 2.44. The second-order valence-electron chi connectivity index (χ2n) is 5.49. The normalized spacial score (nSPS) is 11.4. The van der Waals surface area contributed by atoms with Crippen LogP contribution in [0, 0.1) is 11.6 Å². The number of hydrogen-bond acceptors (Lipinski definition) is 4. The number of hydrogen-bond donors (Lipinski definition) is 2. The van der Waals surface area contributed by atoms with Gasteiger partial charge in [-0.15, -0.1) is 0 Å². The van der Waals surface area contributed by atoms with E-state index in [0.29, 0.717) is 18.1 Å². The number of rotatable bonds is 7. The van der Waals surface area contributed by atoms with E-state index in [1.807, 2.05) is 0 Å². The largest absolute Gasteiger partial charge is 0.493 e. The van der Waals surface area contributed by atoms with Gasteiger partial charge in [0.25, 0.3) is 5.91 Å². The van der Waals surface area contributed by atoms with Crippen molar-refractivity contribution in [3.05, 3.63) is 59.2 Å². The minimum atomic E-state index is -1.20. The van der Waals surface area contributed by atoms with Crippen molar-refractivity contribution < 1.29 is 27.8 Å². The maximum absolute atomic E-state index is 13.5. The molecule has 6 nitrogen and oxygen atoms in total. The molecule has 0 bridgehead atoms. The number of amides is 2. The summed E-state index contributed by atoms with van der Waals surface area (Å²) in [5, 5.41) is 4.91. The van der Waals surface area contributed by atoms with Crippen LogP contribution in [0.4, 0.5) is 8.78 Å². The molecule has 0 aliphatic rings. The lowest BCUT2D eigenvalue weighted by Gasteiger charge is -2.18. The van der Waals surface area contributed by atoms with Gasteiger partial charge in [-0.25, -0.2) is 8.78 Å². The fraction of sp³-hybridized carbons (Fsp3) is 0.263. The average molecular weight is 378 g/mol. The molecule has 8 heteroatoms. The zero-order chi connectivity index (χ0) is 20.0. The molecule has 0 spiro atoms. The summed E-state index contributed by atoms with van der Waals surface area (Å²) in [7, 11) is 2.85. The molecule has 0 radical (unpaired) electrons. The molecule has 27 heavy (non-hydrogen) atoms. The van der Waals surface area contributed by atoms with Crippen molar-refractivity contribution in [3.8, 4) is 11.5 Å². The van der Waals surface area contributed by atoms with E-state index in [9.17, 15) is 18.4 Å². The van der Waals surface area contributed by atoms with E-state index in [4.69, 9.17) is 9.47 Å². The second-order valence-corrected chi connectivity index (χ2v) is 5.49. The van der Waals surface area contributed by atoms with Gasteiger partial charge < -0.3 is 20.1 Å². The lowest BCUT2D eigenvalue weighted by molar-refractivity contribution is -0.122. The average Bonchev–Trinajstić information content (AvgIpc) is 2.67. The Morgan fingerprint density at radius 1 is 1.07 bits per heavy atom. The van der Waals surface area contributed by atoms with Crippen molar-refractivity contribution >= 4 is 11.8 Å². The molecule has 1 unspecified atom stereocenters. The molecule has 0 aromatic heterocycles. The lowest BCUT2D eigenvalue weighted by Crippen LogP contribution is -2.39. The standard InChI is InChI=1S/C19H20F2N2O4/c1-4-27-16-10-12(6-8-15(16)26-3)18(24)23-17(19(25)22-2)11-5-7-13(20)14(21)9-11/h5-10,17H,4H2,1-3H3,(H,22,25)(H,23,24). The highest BCUT2D eigenvalue weighted by atomic mass is 19.2. The SMILES string of the molecule is CCOc1cc(C(=O)NC(C(=O)NC)c2ccc(F)c(F)c2)ccc1OC. The smallest absolute Gasteiger partial charge is 0.252 e. The van der Waals surface area contributed by atoms with E-state index in [2.05, 4.69) is 10.6 Å². The van der Waals surface area contributed by atoms with Crippen molar-refractivity contribution in [2.45, 2.75) is 13.0 Å². The molecule has 0 heterocycles. The third-order valence-electron chi connectivity index (χ3n) is 3.79. The van der Waals surface area contributed by atoms with Crippen molar-refractivity contribution in [2.75, 3.05) is 20.8 Å². The lowest BCUT2D eigenvalue weighted by atomic mass is 10.0. The van der Waals surface area contributed by atoms with E-state index in [0.717, 1.165) is 12.1 Å². The first-order chi connectivity index (χ1) is 12.9. The Hall–Kier alpha value is -3.16. The molecule has 2 aromatic rings. The van der Waals surface area contributed by atoms with E-state index in [-0.39, 0.29) is 11.1 Å². The zero-order valence-corrected chi connectivity index (χ0v) is 15.1. The monoisotopic (exact) mass is 378 g/mol. The summed E-state index contributed by atoms with van der Waals surface area (Å²) in [6.45, 7) is 2.16. The Labute approximate surface area is 155 Å². The number of methoxy groups -OCH3 is 1. The molecule has 0 saturated carbocycles. The van der Waals surface area contributed by atoms with Gasteiger partial charge in [0.15, 0.2) is 23.1 Å². The number of likely N-dealkylation sites (N-methyl/N-ethyl adjacent to an activating group) is 1. The van der Waals surface area contributed by atoms with Gasteiger partial charge in [-0.1, -0.05) is 6.07 Å². The van der Waals surface area contributed by atoms with Gasteiger partial charge in [-0.2, -0.15) is 0 Å². The van der Waals surface area contributed by atoms with Crippen molar-refractivity contribution in [1.82, 2.24) is 10.6 Å². The van der Waals surface area contributed by atoms with Crippen LogP contribution in [0.15, 0.2) is 36.4 Å². The van der Waals surface area contributed by atoms with E-state index in [1.54, 1.807) is 13.0 Å². The second kappa shape index (κ2) is 8.98. The summed E-state index contributed by atoms with van der Waals surface area (Å²) in [4.78, 5) is 24.8. The summed E-state index contributed by atoms with van der Waals surface area (Å²) in [6.07, 6.45) is 0. The van der Waals surface area contributed by atoms with Crippen LogP contribution in [0.5, 0.6) is 11.5 Å². The number of carbonyl (C=O) groups is 2. The molecular weight excluding hydrogens is 358 g/mol. The molecule has 0 saturated heterocycles.